The SMILES string of the molecule is N#Cc1c(F)c(F)c(C(C#N)C2C(C(C#N)c3c(F)c(F)c(C#N)c(F)c3F)C2C(C#N)c2c(F)c(F)c(C(F)(F)F)c(F)c2F)c(F)c1F. The van der Waals surface area contributed by atoms with Crippen molar-refractivity contribution in [2.75, 3.05) is 0 Å². The molecule has 0 radical (unpaired) electrons. The molecule has 5 atom stereocenters. The average molecular weight is 721 g/mol. The summed E-state index contributed by atoms with van der Waals surface area (Å²) in [5, 5.41) is 47.3. The number of hydrogen-bond acceptors (Lipinski definition) is 5. The molecule has 1 aliphatic rings. The molecular formula is C30H6F15N5. The molecule has 0 bridgehead atoms. The fraction of sp³-hybridized carbons (Fsp3) is 0.233. The first-order chi connectivity index (χ1) is 23.3. The Morgan fingerprint density at radius 1 is 0.380 bits per heavy atom. The maximum absolute atomic E-state index is 15.1. The first-order valence-electron chi connectivity index (χ1n) is 12.9. The molecular weight excluding hydrogens is 715 g/mol. The van der Waals surface area contributed by atoms with E-state index in [9.17, 15) is 55.3 Å². The summed E-state index contributed by atoms with van der Waals surface area (Å²) in [6, 6.07) is 4.56. The normalized spacial score (nSPS) is 18.6. The van der Waals surface area contributed by atoms with E-state index >= 15 is 26.3 Å². The molecule has 0 N–H and O–H groups in total. The summed E-state index contributed by atoms with van der Waals surface area (Å²) in [5.74, 6) is -48.3. The lowest BCUT2D eigenvalue weighted by atomic mass is 9.86. The van der Waals surface area contributed by atoms with Crippen LogP contribution in [0.2, 0.25) is 0 Å². The van der Waals surface area contributed by atoms with Crippen LogP contribution in [0.1, 0.15) is 51.1 Å². The molecule has 1 fully saturated rings. The Bertz CT molecular complexity index is 2010. The second kappa shape index (κ2) is 12.8. The van der Waals surface area contributed by atoms with Crippen molar-refractivity contribution in [3.63, 3.8) is 0 Å². The van der Waals surface area contributed by atoms with Crippen molar-refractivity contribution in [1.29, 1.82) is 26.3 Å². The fourth-order valence-corrected chi connectivity index (χ4v) is 5.96. The van der Waals surface area contributed by atoms with Gasteiger partial charge in [-0.25, -0.2) is 52.7 Å². The van der Waals surface area contributed by atoms with Crippen LogP contribution in [0.5, 0.6) is 0 Å². The van der Waals surface area contributed by atoms with Crippen LogP contribution in [0.25, 0.3) is 0 Å². The Labute approximate surface area is 267 Å². The Kier molecular flexibility index (Phi) is 9.46. The first kappa shape index (κ1) is 36.9. The van der Waals surface area contributed by atoms with Gasteiger partial charge in [-0.3, -0.25) is 0 Å². The standard InChI is InChI=1S/C30H6F15N5/c31-18-9(4-49)19(32)23(36)14(22(18)35)6(1-46)11-12(7(2-47)15-24(37)20(33)10(5-50)21(34)25(15)38)13(11)8(3-48)16-26(39)28(41)17(30(43,44)45)29(42)27(16)40/h6-8,11-13H. The van der Waals surface area contributed by atoms with Gasteiger partial charge in [0.05, 0.1) is 36.0 Å². The molecule has 50 heavy (non-hydrogen) atoms. The summed E-state index contributed by atoms with van der Waals surface area (Å²) in [6.07, 6.45) is -6.11. The molecule has 0 aromatic heterocycles. The van der Waals surface area contributed by atoms with Crippen molar-refractivity contribution in [3.05, 3.63) is 103 Å². The zero-order valence-corrected chi connectivity index (χ0v) is 23.4. The summed E-state index contributed by atoms with van der Waals surface area (Å²) in [4.78, 5) is 0. The van der Waals surface area contributed by atoms with Gasteiger partial charge in [0, 0.05) is 16.7 Å². The molecule has 256 valence electrons. The Morgan fingerprint density at radius 3 is 0.780 bits per heavy atom. The summed E-state index contributed by atoms with van der Waals surface area (Å²) in [6.45, 7) is 0. The van der Waals surface area contributed by atoms with Crippen molar-refractivity contribution >= 4 is 0 Å². The summed E-state index contributed by atoms with van der Waals surface area (Å²) in [7, 11) is 0. The number of hydrogen-bond donors (Lipinski definition) is 0. The van der Waals surface area contributed by atoms with E-state index in [0.717, 1.165) is 30.3 Å². The highest BCUT2D eigenvalue weighted by atomic mass is 19.4. The van der Waals surface area contributed by atoms with Gasteiger partial charge in [0.2, 0.25) is 0 Å². The maximum Gasteiger partial charge on any atom is 0.422 e. The highest BCUT2D eigenvalue weighted by Crippen LogP contribution is 2.66. The lowest BCUT2D eigenvalue weighted by molar-refractivity contribution is -0.143. The van der Waals surface area contributed by atoms with Crippen molar-refractivity contribution in [1.82, 2.24) is 0 Å². The molecule has 0 amide bonds. The average Bonchev–Trinajstić information content (AvgIpc) is 3.77. The third-order valence-electron chi connectivity index (χ3n) is 8.10. The van der Waals surface area contributed by atoms with Gasteiger partial charge in [0.1, 0.15) is 28.8 Å². The van der Waals surface area contributed by atoms with Crippen molar-refractivity contribution < 1.29 is 65.9 Å². The molecule has 0 aliphatic heterocycles. The predicted molar refractivity (Wildman–Crippen MR) is 129 cm³/mol. The van der Waals surface area contributed by atoms with E-state index in [1.54, 1.807) is 0 Å². The number of alkyl halides is 3. The number of halogens is 15. The van der Waals surface area contributed by atoms with E-state index in [0.29, 0.717) is 0 Å². The Morgan fingerprint density at radius 2 is 0.600 bits per heavy atom. The maximum atomic E-state index is 15.1. The number of benzene rings is 3. The van der Waals surface area contributed by atoms with Gasteiger partial charge < -0.3 is 0 Å². The molecule has 5 nitrogen and oxygen atoms in total. The molecule has 4 rings (SSSR count). The van der Waals surface area contributed by atoms with Gasteiger partial charge in [0.15, 0.2) is 69.8 Å². The van der Waals surface area contributed by atoms with Crippen LogP contribution in [0, 0.1) is 144 Å². The van der Waals surface area contributed by atoms with Gasteiger partial charge in [0.25, 0.3) is 0 Å². The van der Waals surface area contributed by atoms with E-state index in [2.05, 4.69) is 0 Å². The molecule has 0 heterocycles. The largest absolute Gasteiger partial charge is 0.422 e. The first-order valence-corrected chi connectivity index (χ1v) is 12.9. The third-order valence-corrected chi connectivity index (χ3v) is 8.10. The number of rotatable bonds is 6. The minimum Gasteiger partial charge on any atom is -0.203 e. The molecule has 20 heteroatoms. The van der Waals surface area contributed by atoms with E-state index in [1.807, 2.05) is 0 Å². The third kappa shape index (κ3) is 5.26. The van der Waals surface area contributed by atoms with E-state index in [4.69, 9.17) is 10.5 Å². The van der Waals surface area contributed by atoms with Gasteiger partial charge in [-0.15, -0.1) is 0 Å². The zero-order valence-electron chi connectivity index (χ0n) is 23.4. The fourth-order valence-electron chi connectivity index (χ4n) is 5.96. The molecule has 0 saturated heterocycles. The van der Waals surface area contributed by atoms with Crippen LogP contribution in [0.3, 0.4) is 0 Å². The lowest BCUT2D eigenvalue weighted by Gasteiger charge is -2.18. The number of nitriles is 5. The van der Waals surface area contributed by atoms with Crippen molar-refractivity contribution in [2.45, 2.75) is 23.9 Å². The van der Waals surface area contributed by atoms with Crippen LogP contribution in [-0.2, 0) is 6.18 Å². The van der Waals surface area contributed by atoms with E-state index in [1.165, 1.54) is 0 Å². The van der Waals surface area contributed by atoms with E-state index < -0.39 is 145 Å². The topological polar surface area (TPSA) is 119 Å². The number of nitrogens with zero attached hydrogens (tertiary/aromatic N) is 5. The highest BCUT2D eigenvalue weighted by molar-refractivity contribution is 5.47. The second-order valence-corrected chi connectivity index (χ2v) is 10.4. The smallest absolute Gasteiger partial charge is 0.203 e. The minimum absolute atomic E-state index is 0.749. The van der Waals surface area contributed by atoms with Gasteiger partial charge in [-0.2, -0.15) is 39.5 Å². The quantitative estimate of drug-likeness (QED) is 0.188. The Hall–Kier alpha value is -5.94. The minimum atomic E-state index is -6.11. The summed E-state index contributed by atoms with van der Waals surface area (Å²) in [5.41, 5.74) is -13.2. The van der Waals surface area contributed by atoms with Crippen LogP contribution in [0.4, 0.5) is 65.9 Å². The second-order valence-electron chi connectivity index (χ2n) is 10.4. The molecule has 3 aromatic carbocycles. The van der Waals surface area contributed by atoms with Crippen LogP contribution in [-0.4, -0.2) is 0 Å². The summed E-state index contributed by atoms with van der Waals surface area (Å²) < 4.78 is 217. The van der Waals surface area contributed by atoms with Crippen LogP contribution in [0.15, 0.2) is 0 Å². The molecule has 0 spiro atoms. The molecule has 5 unspecified atom stereocenters. The van der Waals surface area contributed by atoms with Crippen LogP contribution < -0.4 is 0 Å². The monoisotopic (exact) mass is 721 g/mol. The Balaban J connectivity index is 2.09. The highest BCUT2D eigenvalue weighted by Gasteiger charge is 2.64. The van der Waals surface area contributed by atoms with Gasteiger partial charge in [-0.05, 0) is 17.8 Å². The zero-order chi connectivity index (χ0) is 37.9. The van der Waals surface area contributed by atoms with Crippen LogP contribution >= 0.6 is 0 Å². The predicted octanol–water partition coefficient (Wildman–Crippen LogP) is 8.20. The summed E-state index contributed by atoms with van der Waals surface area (Å²) >= 11 is 0. The molecule has 1 saturated carbocycles. The van der Waals surface area contributed by atoms with Crippen molar-refractivity contribution in [2.24, 2.45) is 17.8 Å². The molecule has 1 aliphatic carbocycles. The van der Waals surface area contributed by atoms with E-state index in [-0.39, 0.29) is 0 Å². The van der Waals surface area contributed by atoms with Gasteiger partial charge >= 0.3 is 6.18 Å². The van der Waals surface area contributed by atoms with Crippen molar-refractivity contribution in [3.8, 4) is 30.3 Å². The van der Waals surface area contributed by atoms with Gasteiger partial charge in [-0.1, -0.05) is 0 Å². The lowest BCUT2D eigenvalue weighted by Crippen LogP contribution is -2.20. The molecule has 3 aromatic rings.